The van der Waals surface area contributed by atoms with Crippen LogP contribution >= 0.6 is 11.8 Å². The first-order chi connectivity index (χ1) is 10.2. The molecule has 6 nitrogen and oxygen atoms in total. The van der Waals surface area contributed by atoms with Gasteiger partial charge in [-0.3, -0.25) is 9.59 Å². The maximum atomic E-state index is 11.8. The third kappa shape index (κ3) is 3.36. The van der Waals surface area contributed by atoms with Crippen molar-refractivity contribution >= 4 is 33.9 Å². The Bertz CT molecular complexity index is 637. The van der Waals surface area contributed by atoms with Gasteiger partial charge < -0.3 is 15.2 Å². The molecule has 0 bridgehead atoms. The molecule has 0 radical (unpaired) electrons. The van der Waals surface area contributed by atoms with Crippen molar-refractivity contribution in [2.45, 2.75) is 13.0 Å². The maximum Gasteiger partial charge on any atom is 0.281 e. The van der Waals surface area contributed by atoms with Gasteiger partial charge >= 0.3 is 0 Å². The first-order valence-electron chi connectivity index (χ1n) is 6.84. The van der Waals surface area contributed by atoms with E-state index < -0.39 is 0 Å². The minimum absolute atomic E-state index is 0.0693. The van der Waals surface area contributed by atoms with Gasteiger partial charge in [-0.15, -0.1) is 0 Å². The number of imidazole rings is 1. The molecule has 0 atom stereocenters. The molecule has 2 amide bonds. The van der Waals surface area contributed by atoms with E-state index in [4.69, 9.17) is 0 Å². The van der Waals surface area contributed by atoms with Crippen molar-refractivity contribution in [3.8, 4) is 0 Å². The van der Waals surface area contributed by atoms with E-state index >= 15 is 0 Å². The van der Waals surface area contributed by atoms with E-state index in [-0.39, 0.29) is 11.1 Å². The fraction of sp³-hybridized carbons (Fsp3) is 0.357. The van der Waals surface area contributed by atoms with Gasteiger partial charge in [0.05, 0.1) is 17.6 Å². The van der Waals surface area contributed by atoms with E-state index in [2.05, 4.69) is 15.3 Å². The van der Waals surface area contributed by atoms with Crippen LogP contribution in [-0.4, -0.2) is 44.9 Å². The first-order valence-corrected chi connectivity index (χ1v) is 7.83. The fourth-order valence-electron chi connectivity index (χ4n) is 2.23. The topological polar surface area (TPSA) is 78.1 Å². The van der Waals surface area contributed by atoms with Crippen molar-refractivity contribution in [2.24, 2.45) is 0 Å². The zero-order valence-electron chi connectivity index (χ0n) is 11.5. The molecule has 3 rings (SSSR count). The molecule has 2 N–H and O–H groups in total. The summed E-state index contributed by atoms with van der Waals surface area (Å²) in [5.74, 6) is 1.48. The minimum atomic E-state index is -0.0693. The lowest BCUT2D eigenvalue weighted by molar-refractivity contribution is -0.121. The predicted molar refractivity (Wildman–Crippen MR) is 82.0 cm³/mol. The third-order valence-electron chi connectivity index (χ3n) is 3.35. The Hall–Kier alpha value is -2.02. The summed E-state index contributed by atoms with van der Waals surface area (Å²) in [6.07, 6.45) is 0.326. The molecule has 0 unspecified atom stereocenters. The van der Waals surface area contributed by atoms with Crippen LogP contribution < -0.4 is 5.32 Å². The fourth-order valence-corrected chi connectivity index (χ4v) is 3.08. The molecule has 2 aromatic rings. The normalized spacial score (nSPS) is 14.9. The Morgan fingerprint density at radius 2 is 2.29 bits per heavy atom. The molecule has 1 aliphatic rings. The number of thioether (sulfide) groups is 1. The smallest absolute Gasteiger partial charge is 0.281 e. The summed E-state index contributed by atoms with van der Waals surface area (Å²) in [6.45, 7) is 1.59. The van der Waals surface area contributed by atoms with Crippen LogP contribution in [0.15, 0.2) is 24.3 Å². The van der Waals surface area contributed by atoms with Crippen LogP contribution in [0.4, 0.5) is 4.79 Å². The Morgan fingerprint density at radius 3 is 3.05 bits per heavy atom. The van der Waals surface area contributed by atoms with Gasteiger partial charge in [0.1, 0.15) is 5.82 Å². The molecule has 2 heterocycles. The molecule has 0 aliphatic carbocycles. The number of nitrogens with zero attached hydrogens (tertiary/aromatic N) is 2. The Kier molecular flexibility index (Phi) is 4.10. The summed E-state index contributed by atoms with van der Waals surface area (Å²) in [6, 6.07) is 7.74. The van der Waals surface area contributed by atoms with E-state index in [1.807, 2.05) is 24.3 Å². The van der Waals surface area contributed by atoms with Crippen LogP contribution in [0.2, 0.25) is 0 Å². The number of hydrogen-bond donors (Lipinski definition) is 2. The highest BCUT2D eigenvalue weighted by Crippen LogP contribution is 2.17. The number of amides is 2. The number of carbonyl (C=O) groups is 2. The Balaban J connectivity index is 1.48. The van der Waals surface area contributed by atoms with Crippen molar-refractivity contribution in [1.29, 1.82) is 0 Å². The lowest BCUT2D eigenvalue weighted by atomic mass is 10.3. The van der Waals surface area contributed by atoms with Crippen molar-refractivity contribution in [3.63, 3.8) is 0 Å². The van der Waals surface area contributed by atoms with Gasteiger partial charge in [0, 0.05) is 25.3 Å². The maximum absolute atomic E-state index is 11.8. The monoisotopic (exact) mass is 304 g/mol. The van der Waals surface area contributed by atoms with E-state index in [0.717, 1.165) is 29.2 Å². The highest BCUT2D eigenvalue weighted by Gasteiger charge is 2.21. The molecule has 1 fully saturated rings. The summed E-state index contributed by atoms with van der Waals surface area (Å²) < 4.78 is 0. The molecule has 21 heavy (non-hydrogen) atoms. The minimum Gasteiger partial charge on any atom is -0.349 e. The second-order valence-corrected chi connectivity index (χ2v) is 5.87. The Morgan fingerprint density at radius 1 is 1.43 bits per heavy atom. The highest BCUT2D eigenvalue weighted by molar-refractivity contribution is 8.13. The highest BCUT2D eigenvalue weighted by atomic mass is 32.2. The number of rotatable bonds is 5. The lowest BCUT2D eigenvalue weighted by Gasteiger charge is -2.13. The quantitative estimate of drug-likeness (QED) is 0.882. The number of nitrogens with one attached hydrogen (secondary N) is 2. The predicted octanol–water partition coefficient (Wildman–Crippen LogP) is 1.74. The molecule has 110 valence electrons. The van der Waals surface area contributed by atoms with E-state index in [0.29, 0.717) is 19.5 Å². The van der Waals surface area contributed by atoms with Crippen LogP contribution in [0, 0.1) is 0 Å². The molecule has 1 aromatic heterocycles. The van der Waals surface area contributed by atoms with Crippen molar-refractivity contribution in [1.82, 2.24) is 20.2 Å². The second kappa shape index (κ2) is 6.17. The zero-order valence-corrected chi connectivity index (χ0v) is 12.3. The van der Waals surface area contributed by atoms with Gasteiger partial charge in [0.15, 0.2) is 0 Å². The molecule has 7 heteroatoms. The number of H-pyrrole nitrogens is 1. The van der Waals surface area contributed by atoms with Crippen molar-refractivity contribution in [2.75, 3.05) is 18.8 Å². The van der Waals surface area contributed by atoms with Crippen LogP contribution in [0.25, 0.3) is 11.0 Å². The number of para-hydroxylation sites is 2. The molecular formula is C14H16N4O2S. The number of fused-ring (bicyclic) bond motifs is 1. The molecule has 0 saturated carbocycles. The molecule has 1 saturated heterocycles. The second-order valence-electron chi connectivity index (χ2n) is 4.83. The van der Waals surface area contributed by atoms with Crippen LogP contribution in [-0.2, 0) is 11.3 Å². The first kappa shape index (κ1) is 13.9. The summed E-state index contributed by atoms with van der Waals surface area (Å²) in [4.78, 5) is 32.5. The summed E-state index contributed by atoms with van der Waals surface area (Å²) in [5.41, 5.74) is 1.85. The van der Waals surface area contributed by atoms with Gasteiger partial charge in [-0.1, -0.05) is 23.9 Å². The van der Waals surface area contributed by atoms with Gasteiger partial charge in [-0.05, 0) is 12.1 Å². The summed E-state index contributed by atoms with van der Waals surface area (Å²) in [7, 11) is 0. The van der Waals surface area contributed by atoms with Crippen molar-refractivity contribution < 1.29 is 9.59 Å². The van der Waals surface area contributed by atoms with Crippen molar-refractivity contribution in [3.05, 3.63) is 30.1 Å². The van der Waals surface area contributed by atoms with Crippen LogP contribution in [0.5, 0.6) is 0 Å². The number of hydrogen-bond acceptors (Lipinski definition) is 4. The average molecular weight is 304 g/mol. The van der Waals surface area contributed by atoms with Crippen LogP contribution in [0.1, 0.15) is 12.2 Å². The van der Waals surface area contributed by atoms with Gasteiger partial charge in [0.25, 0.3) is 5.24 Å². The van der Waals surface area contributed by atoms with Gasteiger partial charge in [-0.25, -0.2) is 4.98 Å². The Labute approximate surface area is 126 Å². The standard InChI is InChI=1S/C14H16N4O2S/c19-13(5-6-18-7-8-21-14(18)20)15-9-12-16-10-3-1-2-4-11(10)17-12/h1-4H,5-9H2,(H,15,19)(H,16,17). The van der Waals surface area contributed by atoms with E-state index in [1.165, 1.54) is 11.8 Å². The van der Waals surface area contributed by atoms with Crippen LogP contribution in [0.3, 0.4) is 0 Å². The molecule has 0 spiro atoms. The third-order valence-corrected chi connectivity index (χ3v) is 4.24. The zero-order chi connectivity index (χ0) is 14.7. The summed E-state index contributed by atoms with van der Waals surface area (Å²) in [5, 5.41) is 2.89. The number of aromatic amines is 1. The SMILES string of the molecule is O=C(CCN1CCSC1=O)NCc1nc2ccccc2[nH]1. The molecule has 1 aromatic carbocycles. The summed E-state index contributed by atoms with van der Waals surface area (Å²) >= 11 is 1.31. The molecular weight excluding hydrogens is 288 g/mol. The number of benzene rings is 1. The van der Waals surface area contributed by atoms with E-state index in [1.54, 1.807) is 4.90 Å². The average Bonchev–Trinajstić information content (AvgIpc) is 3.08. The molecule has 1 aliphatic heterocycles. The van der Waals surface area contributed by atoms with Gasteiger partial charge in [0.2, 0.25) is 5.91 Å². The van der Waals surface area contributed by atoms with E-state index in [9.17, 15) is 9.59 Å². The van der Waals surface area contributed by atoms with Gasteiger partial charge in [-0.2, -0.15) is 0 Å². The number of aromatic nitrogens is 2. The largest absolute Gasteiger partial charge is 0.349 e. The number of carbonyl (C=O) groups excluding carboxylic acids is 2. The lowest BCUT2D eigenvalue weighted by Crippen LogP contribution is -2.30.